The molecule has 21 heavy (non-hydrogen) atoms. The molecule has 0 radical (unpaired) electrons. The molecule has 2 N–H and O–H groups in total. The molecule has 0 aliphatic rings. The molecule has 6 heteroatoms. The summed E-state index contributed by atoms with van der Waals surface area (Å²) < 4.78 is 5.06. The standard InChI is InChI=1S/C15H16N2O4/c1-9(2)7-13(18)16-17-14(19)11-8-10-5-3-4-6-12(10)21-15(11)20/h3-6,8-9H,7H2,1-2H3,(H,16,18)(H,17,19). The van der Waals surface area contributed by atoms with E-state index in [-0.39, 0.29) is 23.8 Å². The lowest BCUT2D eigenvalue weighted by Gasteiger charge is -2.08. The Labute approximate surface area is 121 Å². The van der Waals surface area contributed by atoms with Crippen molar-refractivity contribution in [3.05, 3.63) is 46.3 Å². The van der Waals surface area contributed by atoms with E-state index in [0.717, 1.165) is 0 Å². The maximum atomic E-state index is 11.9. The van der Waals surface area contributed by atoms with E-state index in [1.54, 1.807) is 24.3 Å². The van der Waals surface area contributed by atoms with Crippen molar-refractivity contribution in [2.75, 3.05) is 0 Å². The fourth-order valence-electron chi connectivity index (χ4n) is 1.84. The minimum Gasteiger partial charge on any atom is -0.422 e. The van der Waals surface area contributed by atoms with Crippen molar-refractivity contribution in [1.29, 1.82) is 0 Å². The molecule has 1 aromatic carbocycles. The average molecular weight is 288 g/mol. The van der Waals surface area contributed by atoms with Crippen LogP contribution >= 0.6 is 0 Å². The van der Waals surface area contributed by atoms with Crippen LogP contribution in [0.2, 0.25) is 0 Å². The number of benzene rings is 1. The summed E-state index contributed by atoms with van der Waals surface area (Å²) in [5.41, 5.74) is 3.98. The van der Waals surface area contributed by atoms with Crippen LogP contribution in [0.3, 0.4) is 0 Å². The van der Waals surface area contributed by atoms with Crippen molar-refractivity contribution in [3.8, 4) is 0 Å². The predicted molar refractivity (Wildman–Crippen MR) is 77.5 cm³/mol. The minimum atomic E-state index is -0.746. The fraction of sp³-hybridized carbons (Fsp3) is 0.267. The van der Waals surface area contributed by atoms with Gasteiger partial charge in [0.15, 0.2) is 0 Å². The highest BCUT2D eigenvalue weighted by molar-refractivity contribution is 5.97. The summed E-state index contributed by atoms with van der Waals surface area (Å²) in [4.78, 5) is 35.1. The molecule has 0 bridgehead atoms. The number of nitrogens with one attached hydrogen (secondary N) is 2. The highest BCUT2D eigenvalue weighted by atomic mass is 16.4. The first kappa shape index (κ1) is 14.8. The van der Waals surface area contributed by atoms with Crippen molar-refractivity contribution in [2.45, 2.75) is 20.3 Å². The van der Waals surface area contributed by atoms with Gasteiger partial charge in [-0.1, -0.05) is 32.0 Å². The second-order valence-corrected chi connectivity index (χ2v) is 5.09. The monoisotopic (exact) mass is 288 g/mol. The van der Waals surface area contributed by atoms with E-state index >= 15 is 0 Å². The van der Waals surface area contributed by atoms with Gasteiger partial charge in [-0.2, -0.15) is 0 Å². The average Bonchev–Trinajstić information content (AvgIpc) is 2.43. The van der Waals surface area contributed by atoms with Crippen LogP contribution in [0.5, 0.6) is 0 Å². The third kappa shape index (κ3) is 3.68. The van der Waals surface area contributed by atoms with E-state index in [0.29, 0.717) is 11.0 Å². The second kappa shape index (κ2) is 6.21. The first-order chi connectivity index (χ1) is 9.97. The third-order valence-corrected chi connectivity index (χ3v) is 2.80. The van der Waals surface area contributed by atoms with Gasteiger partial charge in [0.25, 0.3) is 5.91 Å². The molecule has 1 aromatic heterocycles. The number of carbonyl (C=O) groups is 2. The normalized spacial score (nSPS) is 10.6. The first-order valence-electron chi connectivity index (χ1n) is 6.59. The summed E-state index contributed by atoms with van der Waals surface area (Å²) in [6.45, 7) is 3.78. The van der Waals surface area contributed by atoms with Gasteiger partial charge in [0, 0.05) is 11.8 Å². The van der Waals surface area contributed by atoms with Gasteiger partial charge in [0.1, 0.15) is 11.1 Å². The van der Waals surface area contributed by atoms with Gasteiger partial charge >= 0.3 is 5.63 Å². The van der Waals surface area contributed by atoms with Gasteiger partial charge in [-0.15, -0.1) is 0 Å². The molecule has 2 aromatic rings. The van der Waals surface area contributed by atoms with Crippen LogP contribution in [-0.4, -0.2) is 11.8 Å². The third-order valence-electron chi connectivity index (χ3n) is 2.80. The van der Waals surface area contributed by atoms with Gasteiger partial charge in [0.2, 0.25) is 5.91 Å². The van der Waals surface area contributed by atoms with Crippen molar-refractivity contribution < 1.29 is 14.0 Å². The van der Waals surface area contributed by atoms with Crippen LogP contribution < -0.4 is 16.5 Å². The lowest BCUT2D eigenvalue weighted by molar-refractivity contribution is -0.122. The van der Waals surface area contributed by atoms with E-state index in [1.807, 2.05) is 13.8 Å². The van der Waals surface area contributed by atoms with Crippen LogP contribution in [0.15, 0.2) is 39.5 Å². The number of hydrogen-bond acceptors (Lipinski definition) is 4. The van der Waals surface area contributed by atoms with E-state index in [9.17, 15) is 14.4 Å². The van der Waals surface area contributed by atoms with Crippen LogP contribution in [0, 0.1) is 5.92 Å². The molecule has 2 amide bonds. The summed E-state index contributed by atoms with van der Waals surface area (Å²) in [5.74, 6) is -0.845. The Balaban J connectivity index is 2.14. The van der Waals surface area contributed by atoms with Gasteiger partial charge in [-0.05, 0) is 18.1 Å². The van der Waals surface area contributed by atoms with E-state index in [4.69, 9.17) is 4.42 Å². The molecule has 0 fully saturated rings. The Hall–Kier alpha value is -2.63. The van der Waals surface area contributed by atoms with Crippen molar-refractivity contribution in [2.24, 2.45) is 5.92 Å². The molecule has 6 nitrogen and oxygen atoms in total. The van der Waals surface area contributed by atoms with Crippen LogP contribution in [0.1, 0.15) is 30.6 Å². The molecular weight excluding hydrogens is 272 g/mol. The number of para-hydroxylation sites is 1. The van der Waals surface area contributed by atoms with Crippen molar-refractivity contribution in [1.82, 2.24) is 10.9 Å². The zero-order chi connectivity index (χ0) is 15.4. The molecule has 0 unspecified atom stereocenters. The molecule has 0 saturated heterocycles. The molecule has 110 valence electrons. The highest BCUT2D eigenvalue weighted by Crippen LogP contribution is 2.12. The Kier molecular flexibility index (Phi) is 4.37. The number of carbonyl (C=O) groups excluding carboxylic acids is 2. The second-order valence-electron chi connectivity index (χ2n) is 5.09. The first-order valence-corrected chi connectivity index (χ1v) is 6.59. The Morgan fingerprint density at radius 2 is 1.90 bits per heavy atom. The lowest BCUT2D eigenvalue weighted by atomic mass is 10.1. The molecule has 0 spiro atoms. The fourth-order valence-corrected chi connectivity index (χ4v) is 1.84. The molecule has 0 saturated carbocycles. The highest BCUT2D eigenvalue weighted by Gasteiger charge is 2.14. The zero-order valence-electron chi connectivity index (χ0n) is 11.8. The predicted octanol–water partition coefficient (Wildman–Crippen LogP) is 1.60. The molecule has 0 atom stereocenters. The summed E-state index contributed by atoms with van der Waals surface area (Å²) in [7, 11) is 0. The summed E-state index contributed by atoms with van der Waals surface area (Å²) in [5, 5.41) is 0.635. The van der Waals surface area contributed by atoms with Gasteiger partial charge < -0.3 is 4.42 Å². The smallest absolute Gasteiger partial charge is 0.349 e. The minimum absolute atomic E-state index is 0.154. The number of hydrazine groups is 1. The van der Waals surface area contributed by atoms with Crippen molar-refractivity contribution >= 4 is 22.8 Å². The SMILES string of the molecule is CC(C)CC(=O)NNC(=O)c1cc2ccccc2oc1=O. The lowest BCUT2D eigenvalue weighted by Crippen LogP contribution is -2.43. The van der Waals surface area contributed by atoms with Crippen LogP contribution in [0.25, 0.3) is 11.0 Å². The van der Waals surface area contributed by atoms with E-state index in [1.165, 1.54) is 6.07 Å². The molecule has 1 heterocycles. The van der Waals surface area contributed by atoms with Gasteiger partial charge in [0.05, 0.1) is 0 Å². The van der Waals surface area contributed by atoms with Gasteiger partial charge in [-0.3, -0.25) is 20.4 Å². The van der Waals surface area contributed by atoms with Crippen molar-refractivity contribution in [3.63, 3.8) is 0 Å². The number of amides is 2. The Morgan fingerprint density at radius 3 is 2.62 bits per heavy atom. The van der Waals surface area contributed by atoms with Crippen LogP contribution in [-0.2, 0) is 4.79 Å². The molecule has 2 rings (SSSR count). The topological polar surface area (TPSA) is 88.4 Å². The maximum Gasteiger partial charge on any atom is 0.349 e. The maximum absolute atomic E-state index is 11.9. The molecular formula is C15H16N2O4. The van der Waals surface area contributed by atoms with Gasteiger partial charge in [-0.25, -0.2) is 4.79 Å². The van der Waals surface area contributed by atoms with E-state index < -0.39 is 11.5 Å². The Bertz CT molecular complexity index is 734. The number of rotatable bonds is 3. The summed E-state index contributed by atoms with van der Waals surface area (Å²) in [6.07, 6.45) is 0.284. The number of fused-ring (bicyclic) bond motifs is 1. The Morgan fingerprint density at radius 1 is 1.19 bits per heavy atom. The summed E-state index contributed by atoms with van der Waals surface area (Å²) >= 11 is 0. The molecule has 0 aliphatic heterocycles. The quantitative estimate of drug-likeness (QED) is 0.663. The molecule has 0 aliphatic carbocycles. The largest absolute Gasteiger partial charge is 0.422 e. The number of hydrogen-bond donors (Lipinski definition) is 2. The summed E-state index contributed by atoms with van der Waals surface area (Å²) in [6, 6.07) is 8.31. The van der Waals surface area contributed by atoms with Crippen LogP contribution in [0.4, 0.5) is 0 Å². The van der Waals surface area contributed by atoms with E-state index in [2.05, 4.69) is 10.9 Å². The zero-order valence-corrected chi connectivity index (χ0v) is 11.8.